The largest absolute Gasteiger partial charge is 0.118 e. The highest BCUT2D eigenvalue weighted by Gasteiger charge is 2.36. The first-order valence-corrected chi connectivity index (χ1v) is 6.31. The van der Waals surface area contributed by atoms with E-state index in [4.69, 9.17) is 0 Å². The van der Waals surface area contributed by atoms with E-state index in [0.29, 0.717) is 0 Å². The Labute approximate surface area is 71.9 Å². The van der Waals surface area contributed by atoms with Crippen LogP contribution in [0.1, 0.15) is 33.1 Å². The van der Waals surface area contributed by atoms with E-state index >= 15 is 0 Å². The lowest BCUT2D eigenvalue weighted by molar-refractivity contribution is 0.198. The van der Waals surface area contributed by atoms with Gasteiger partial charge in [0.05, 0.1) is 0 Å². The van der Waals surface area contributed by atoms with Crippen LogP contribution in [0.15, 0.2) is 0 Å². The van der Waals surface area contributed by atoms with Crippen molar-refractivity contribution in [2.24, 2.45) is 17.8 Å². The molecule has 0 amide bonds. The van der Waals surface area contributed by atoms with Crippen LogP contribution in [-0.4, -0.2) is 11.8 Å². The van der Waals surface area contributed by atoms with Crippen LogP contribution in [0.5, 0.6) is 0 Å². The molecule has 1 saturated heterocycles. The second-order valence-electron chi connectivity index (χ2n) is 4.44. The van der Waals surface area contributed by atoms with E-state index in [1.54, 1.807) is 12.6 Å². The highest BCUT2D eigenvalue weighted by atomic mass is 31.1. The van der Waals surface area contributed by atoms with Crippen molar-refractivity contribution < 1.29 is 0 Å². The summed E-state index contributed by atoms with van der Waals surface area (Å²) in [6, 6.07) is 0. The van der Waals surface area contributed by atoms with Gasteiger partial charge in [0.25, 0.3) is 0 Å². The van der Waals surface area contributed by atoms with Crippen LogP contribution in [0.25, 0.3) is 0 Å². The van der Waals surface area contributed by atoms with Crippen LogP contribution < -0.4 is 0 Å². The molecular weight excluding hydrogens is 151 g/mol. The normalized spacial score (nSPS) is 52.9. The van der Waals surface area contributed by atoms with Crippen molar-refractivity contribution in [1.29, 1.82) is 0 Å². The minimum atomic E-state index is 1.04. The van der Waals surface area contributed by atoms with Crippen LogP contribution >= 0.6 is 8.58 Å². The van der Waals surface area contributed by atoms with E-state index in [0.717, 1.165) is 23.4 Å². The molecule has 11 heavy (non-hydrogen) atoms. The van der Waals surface area contributed by atoms with Gasteiger partial charge in [-0.25, -0.2) is 0 Å². The fourth-order valence-corrected chi connectivity index (χ4v) is 5.04. The maximum atomic E-state index is 2.50. The predicted molar refractivity (Wildman–Crippen MR) is 52.6 cm³/mol. The van der Waals surface area contributed by atoms with Crippen molar-refractivity contribution in [2.45, 2.75) is 38.8 Å². The molecule has 0 aromatic carbocycles. The van der Waals surface area contributed by atoms with E-state index in [1.807, 2.05) is 0 Å². The number of fused-ring (bicyclic) bond motifs is 2. The fraction of sp³-hybridized carbons (Fsp3) is 1.00. The van der Waals surface area contributed by atoms with Gasteiger partial charge in [-0.05, 0) is 48.8 Å². The van der Waals surface area contributed by atoms with Gasteiger partial charge in [-0.3, -0.25) is 0 Å². The average Bonchev–Trinajstić information content (AvgIpc) is 1.98. The Morgan fingerprint density at radius 1 is 1.09 bits per heavy atom. The number of rotatable bonds is 0. The van der Waals surface area contributed by atoms with Gasteiger partial charge in [-0.15, -0.1) is 8.58 Å². The first kappa shape index (κ1) is 8.05. The minimum Gasteiger partial charge on any atom is -0.118 e. The molecule has 1 aliphatic heterocycles. The highest BCUT2D eigenvalue weighted by Crippen LogP contribution is 2.49. The third-order valence-corrected chi connectivity index (χ3v) is 5.95. The van der Waals surface area contributed by atoms with E-state index < -0.39 is 0 Å². The predicted octanol–water partition coefficient (Wildman–Crippen LogP) is 3.12. The topological polar surface area (TPSA) is 0 Å². The summed E-state index contributed by atoms with van der Waals surface area (Å²) in [5.74, 6) is 3.21. The summed E-state index contributed by atoms with van der Waals surface area (Å²) in [4.78, 5) is 0. The molecule has 2 rings (SSSR count). The van der Waals surface area contributed by atoms with Crippen LogP contribution in [0.4, 0.5) is 0 Å². The third-order valence-electron chi connectivity index (χ3n) is 3.81. The van der Waals surface area contributed by atoms with Gasteiger partial charge in [-0.1, -0.05) is 13.8 Å². The second kappa shape index (κ2) is 3.05. The van der Waals surface area contributed by atoms with Gasteiger partial charge in [0.1, 0.15) is 0 Å². The van der Waals surface area contributed by atoms with Crippen molar-refractivity contribution in [2.75, 3.05) is 6.16 Å². The summed E-state index contributed by atoms with van der Waals surface area (Å²) in [6.07, 6.45) is 6.14. The van der Waals surface area contributed by atoms with Crippen molar-refractivity contribution in [3.05, 3.63) is 0 Å². The summed E-state index contributed by atoms with van der Waals surface area (Å²) in [7, 11) is 1.29. The second-order valence-corrected chi connectivity index (χ2v) is 6.02. The zero-order valence-electron chi connectivity index (χ0n) is 7.64. The Bertz CT molecular complexity index is 144. The van der Waals surface area contributed by atoms with E-state index in [1.165, 1.54) is 21.4 Å². The Kier molecular flexibility index (Phi) is 2.23. The van der Waals surface area contributed by atoms with Crippen LogP contribution in [0.2, 0.25) is 0 Å². The molecule has 2 aliphatic rings. The molecule has 1 heterocycles. The third kappa shape index (κ3) is 1.35. The smallest absolute Gasteiger partial charge is 0.0183 e. The lowest BCUT2D eigenvalue weighted by atomic mass is 9.73. The quantitative estimate of drug-likeness (QED) is 0.490. The maximum Gasteiger partial charge on any atom is -0.0183 e. The van der Waals surface area contributed by atoms with Crippen LogP contribution in [0, 0.1) is 17.8 Å². The van der Waals surface area contributed by atoms with Gasteiger partial charge in [0.2, 0.25) is 0 Å². The Hall–Kier alpha value is 0.430. The first-order valence-electron chi connectivity index (χ1n) is 5.02. The molecule has 5 atom stereocenters. The van der Waals surface area contributed by atoms with E-state index in [9.17, 15) is 0 Å². The van der Waals surface area contributed by atoms with E-state index in [-0.39, 0.29) is 0 Å². The van der Waals surface area contributed by atoms with Gasteiger partial charge >= 0.3 is 0 Å². The molecule has 0 aromatic rings. The molecule has 0 N–H and O–H groups in total. The summed E-state index contributed by atoms with van der Waals surface area (Å²) >= 11 is 0. The highest BCUT2D eigenvalue weighted by molar-refractivity contribution is 7.39. The van der Waals surface area contributed by atoms with E-state index in [2.05, 4.69) is 13.8 Å². The molecule has 1 saturated carbocycles. The molecule has 0 radical (unpaired) electrons. The number of hydrogen-bond donors (Lipinski definition) is 0. The van der Waals surface area contributed by atoms with Gasteiger partial charge < -0.3 is 0 Å². The van der Waals surface area contributed by atoms with Crippen molar-refractivity contribution in [3.8, 4) is 0 Å². The monoisotopic (exact) mass is 170 g/mol. The molecule has 0 spiro atoms. The maximum absolute atomic E-state index is 2.50. The number of hydrogen-bond acceptors (Lipinski definition) is 0. The molecule has 2 bridgehead atoms. The SMILES string of the molecule is CC1CCC2CCPC1C2C. The summed E-state index contributed by atoms with van der Waals surface area (Å²) < 4.78 is 0. The molecule has 1 heteroatoms. The summed E-state index contributed by atoms with van der Waals surface area (Å²) in [5.41, 5.74) is 1.11. The zero-order valence-corrected chi connectivity index (χ0v) is 8.64. The van der Waals surface area contributed by atoms with Gasteiger partial charge in [0.15, 0.2) is 0 Å². The zero-order chi connectivity index (χ0) is 7.84. The minimum absolute atomic E-state index is 1.04. The van der Waals surface area contributed by atoms with Gasteiger partial charge in [0, 0.05) is 0 Å². The van der Waals surface area contributed by atoms with Crippen molar-refractivity contribution >= 4 is 8.58 Å². The molecule has 1 aliphatic carbocycles. The van der Waals surface area contributed by atoms with Crippen LogP contribution in [-0.2, 0) is 0 Å². The Morgan fingerprint density at radius 2 is 1.91 bits per heavy atom. The first-order chi connectivity index (χ1) is 5.29. The molecule has 0 aromatic heterocycles. The Balaban J connectivity index is 2.09. The summed E-state index contributed by atoms with van der Waals surface area (Å²) in [5, 5.41) is 0. The van der Waals surface area contributed by atoms with Gasteiger partial charge in [-0.2, -0.15) is 0 Å². The Morgan fingerprint density at radius 3 is 2.64 bits per heavy atom. The van der Waals surface area contributed by atoms with Crippen molar-refractivity contribution in [1.82, 2.24) is 0 Å². The molecule has 0 nitrogen and oxygen atoms in total. The standard InChI is InChI=1S/C10H19P/c1-7-3-4-9-5-6-11-10(7)8(9)2/h7-11H,3-6H2,1-2H3. The molecule has 2 fully saturated rings. The summed E-state index contributed by atoms with van der Waals surface area (Å²) in [6.45, 7) is 4.97. The average molecular weight is 170 g/mol. The molecule has 5 unspecified atom stereocenters. The van der Waals surface area contributed by atoms with Crippen LogP contribution in [0.3, 0.4) is 0 Å². The van der Waals surface area contributed by atoms with Crippen molar-refractivity contribution in [3.63, 3.8) is 0 Å². The molecule has 64 valence electrons. The fourth-order valence-electron chi connectivity index (χ4n) is 2.96. The lowest BCUT2D eigenvalue weighted by Gasteiger charge is -2.44. The lowest BCUT2D eigenvalue weighted by Crippen LogP contribution is -2.36. The molecular formula is C10H19P.